The van der Waals surface area contributed by atoms with Crippen molar-refractivity contribution in [3.63, 3.8) is 0 Å². The molecule has 1 aliphatic rings. The zero-order valence-electron chi connectivity index (χ0n) is 15.2. The predicted molar refractivity (Wildman–Crippen MR) is 95.5 cm³/mol. The normalized spacial score (nSPS) is 23.9. The number of allylic oxidation sites excluding steroid dienone is 2. The van der Waals surface area contributed by atoms with E-state index in [-0.39, 0.29) is 30.7 Å². The summed E-state index contributed by atoms with van der Waals surface area (Å²) in [5.41, 5.74) is 1.03. The van der Waals surface area contributed by atoms with Gasteiger partial charge in [-0.1, -0.05) is 44.2 Å². The van der Waals surface area contributed by atoms with Crippen molar-refractivity contribution in [3.8, 4) is 5.75 Å². The van der Waals surface area contributed by atoms with Crippen molar-refractivity contribution in [3.05, 3.63) is 42.0 Å². The largest absolute Gasteiger partial charge is 0.496 e. The summed E-state index contributed by atoms with van der Waals surface area (Å²) in [5.74, 6) is 0.467. The lowest BCUT2D eigenvalue weighted by molar-refractivity contribution is -0.255. The lowest BCUT2D eigenvalue weighted by Crippen LogP contribution is -2.37. The van der Waals surface area contributed by atoms with Gasteiger partial charge in [-0.2, -0.15) is 0 Å². The summed E-state index contributed by atoms with van der Waals surface area (Å²) < 4.78 is 17.6. The number of ether oxygens (including phenoxy) is 3. The van der Waals surface area contributed by atoms with E-state index in [4.69, 9.17) is 19.3 Å². The van der Waals surface area contributed by atoms with Crippen molar-refractivity contribution in [2.45, 2.75) is 45.5 Å². The van der Waals surface area contributed by atoms with Gasteiger partial charge in [0.1, 0.15) is 5.75 Å². The molecule has 1 heterocycles. The molecule has 1 fully saturated rings. The predicted octanol–water partition coefficient (Wildman–Crippen LogP) is 4.19. The molecule has 3 atom stereocenters. The Morgan fingerprint density at radius 3 is 2.80 bits per heavy atom. The number of rotatable bonds is 8. The summed E-state index contributed by atoms with van der Waals surface area (Å²) in [6.45, 7) is 4.76. The molecule has 5 heteroatoms. The summed E-state index contributed by atoms with van der Waals surface area (Å²) in [4.78, 5) is 10.6. The van der Waals surface area contributed by atoms with Crippen LogP contribution in [-0.2, 0) is 14.3 Å². The molecule has 5 nitrogen and oxygen atoms in total. The van der Waals surface area contributed by atoms with Crippen molar-refractivity contribution in [2.75, 3.05) is 13.7 Å². The third-order valence-electron chi connectivity index (χ3n) is 4.30. The van der Waals surface area contributed by atoms with Crippen LogP contribution in [0.15, 0.2) is 36.4 Å². The molecule has 1 aromatic rings. The van der Waals surface area contributed by atoms with Gasteiger partial charge in [-0.3, -0.25) is 4.79 Å². The van der Waals surface area contributed by atoms with E-state index < -0.39 is 5.97 Å². The Balaban J connectivity index is 2.11. The van der Waals surface area contributed by atoms with Crippen molar-refractivity contribution >= 4 is 5.97 Å². The van der Waals surface area contributed by atoms with E-state index in [1.54, 1.807) is 7.11 Å². The van der Waals surface area contributed by atoms with Gasteiger partial charge >= 0.3 is 5.97 Å². The Morgan fingerprint density at radius 1 is 1.36 bits per heavy atom. The molecule has 1 N–H and O–H groups in total. The standard InChI is InChI=1S/C20H28O5/c1-14(2)20-24-13-15(9-5-4-6-12-18(21)22)19(25-20)16-10-7-8-11-17(16)23-3/h4-5,7-8,10-11,14-15,19-20H,6,9,12-13H2,1-3H3,(H,21,22)/b5-4-. The number of hydrogen-bond acceptors (Lipinski definition) is 4. The molecule has 0 amide bonds. The zero-order valence-corrected chi connectivity index (χ0v) is 15.2. The topological polar surface area (TPSA) is 65.0 Å². The molecular formula is C20H28O5. The fraction of sp³-hybridized carbons (Fsp3) is 0.550. The van der Waals surface area contributed by atoms with E-state index in [1.165, 1.54) is 0 Å². The molecule has 0 saturated carbocycles. The van der Waals surface area contributed by atoms with Crippen LogP contribution in [0.4, 0.5) is 0 Å². The number of carboxylic acid groups (broad SMARTS) is 1. The highest BCUT2D eigenvalue weighted by atomic mass is 16.7. The van der Waals surface area contributed by atoms with Gasteiger partial charge in [0, 0.05) is 23.8 Å². The molecule has 0 aliphatic carbocycles. The highest BCUT2D eigenvalue weighted by Gasteiger charge is 2.35. The first-order valence-corrected chi connectivity index (χ1v) is 8.79. The van der Waals surface area contributed by atoms with Crippen LogP contribution in [0.2, 0.25) is 0 Å². The van der Waals surface area contributed by atoms with E-state index in [1.807, 2.05) is 36.4 Å². The van der Waals surface area contributed by atoms with E-state index in [9.17, 15) is 4.79 Å². The zero-order chi connectivity index (χ0) is 18.2. The number of para-hydroxylation sites is 1. The average Bonchev–Trinajstić information content (AvgIpc) is 2.61. The summed E-state index contributed by atoms with van der Waals surface area (Å²) in [5, 5.41) is 8.70. The van der Waals surface area contributed by atoms with Crippen LogP contribution in [0.1, 0.15) is 44.8 Å². The van der Waals surface area contributed by atoms with Crippen molar-refractivity contribution < 1.29 is 24.1 Å². The summed E-state index contributed by atoms with van der Waals surface area (Å²) in [6, 6.07) is 7.91. The fourth-order valence-corrected chi connectivity index (χ4v) is 2.97. The van der Waals surface area contributed by atoms with Gasteiger partial charge in [0.15, 0.2) is 6.29 Å². The second-order valence-electron chi connectivity index (χ2n) is 6.64. The van der Waals surface area contributed by atoms with Crippen molar-refractivity contribution in [1.29, 1.82) is 0 Å². The van der Waals surface area contributed by atoms with Gasteiger partial charge in [0.25, 0.3) is 0 Å². The molecule has 1 saturated heterocycles. The van der Waals surface area contributed by atoms with Gasteiger partial charge in [0.2, 0.25) is 0 Å². The first kappa shape index (κ1) is 19.5. The summed E-state index contributed by atoms with van der Waals surface area (Å²) in [6.07, 6.45) is 5.06. The molecule has 0 spiro atoms. The maximum Gasteiger partial charge on any atom is 0.303 e. The number of aliphatic carboxylic acids is 1. The van der Waals surface area contributed by atoms with Crippen molar-refractivity contribution in [1.82, 2.24) is 0 Å². The second-order valence-corrected chi connectivity index (χ2v) is 6.64. The monoisotopic (exact) mass is 348 g/mol. The first-order valence-electron chi connectivity index (χ1n) is 8.79. The van der Waals surface area contributed by atoms with Crippen LogP contribution >= 0.6 is 0 Å². The Labute approximate surface area is 149 Å². The highest BCUT2D eigenvalue weighted by molar-refractivity contribution is 5.66. The van der Waals surface area contributed by atoms with Crippen LogP contribution in [0, 0.1) is 11.8 Å². The smallest absolute Gasteiger partial charge is 0.303 e. The molecule has 25 heavy (non-hydrogen) atoms. The molecule has 2 rings (SSSR count). The van der Waals surface area contributed by atoms with E-state index in [2.05, 4.69) is 13.8 Å². The lowest BCUT2D eigenvalue weighted by Gasteiger charge is -2.38. The quantitative estimate of drug-likeness (QED) is 0.714. The minimum Gasteiger partial charge on any atom is -0.496 e. The lowest BCUT2D eigenvalue weighted by atomic mass is 9.91. The third kappa shape index (κ3) is 5.58. The molecule has 0 aromatic heterocycles. The first-order chi connectivity index (χ1) is 12.0. The number of carbonyl (C=O) groups is 1. The Hall–Kier alpha value is -1.85. The SMILES string of the molecule is COc1ccccc1C1OC(C(C)C)OCC1C/C=C\CCC(=O)O. The van der Waals surface area contributed by atoms with Crippen LogP contribution < -0.4 is 4.74 Å². The maximum atomic E-state index is 10.6. The molecule has 138 valence electrons. The number of benzene rings is 1. The minimum atomic E-state index is -0.777. The fourth-order valence-electron chi connectivity index (χ4n) is 2.97. The van der Waals surface area contributed by atoms with Crippen LogP contribution in [0.25, 0.3) is 0 Å². The number of carboxylic acids is 1. The second kappa shape index (κ2) is 9.59. The Morgan fingerprint density at radius 2 is 2.12 bits per heavy atom. The van der Waals surface area contributed by atoms with Gasteiger partial charge in [0.05, 0.1) is 19.8 Å². The van der Waals surface area contributed by atoms with Gasteiger partial charge in [-0.05, 0) is 18.9 Å². The van der Waals surface area contributed by atoms with Crippen LogP contribution in [-0.4, -0.2) is 31.1 Å². The van der Waals surface area contributed by atoms with Crippen molar-refractivity contribution in [2.24, 2.45) is 11.8 Å². The molecule has 3 unspecified atom stereocenters. The Kier molecular flexibility index (Phi) is 7.47. The van der Waals surface area contributed by atoms with Crippen LogP contribution in [0.5, 0.6) is 5.75 Å². The molecule has 0 bridgehead atoms. The van der Waals surface area contributed by atoms with E-state index in [0.717, 1.165) is 17.7 Å². The molecular weight excluding hydrogens is 320 g/mol. The summed E-state index contributed by atoms with van der Waals surface area (Å²) in [7, 11) is 1.67. The molecule has 0 radical (unpaired) electrons. The van der Waals surface area contributed by atoms with Gasteiger partial charge in [-0.15, -0.1) is 0 Å². The van der Waals surface area contributed by atoms with E-state index in [0.29, 0.717) is 13.0 Å². The average molecular weight is 348 g/mol. The van der Waals surface area contributed by atoms with Crippen LogP contribution in [0.3, 0.4) is 0 Å². The maximum absolute atomic E-state index is 10.6. The molecule has 1 aromatic carbocycles. The Bertz CT molecular complexity index is 581. The van der Waals surface area contributed by atoms with E-state index >= 15 is 0 Å². The van der Waals surface area contributed by atoms with Gasteiger partial charge in [-0.25, -0.2) is 0 Å². The number of methoxy groups -OCH3 is 1. The highest BCUT2D eigenvalue weighted by Crippen LogP contribution is 2.40. The van der Waals surface area contributed by atoms with Gasteiger partial charge < -0.3 is 19.3 Å². The number of hydrogen-bond donors (Lipinski definition) is 1. The summed E-state index contributed by atoms with van der Waals surface area (Å²) >= 11 is 0. The minimum absolute atomic E-state index is 0.110. The third-order valence-corrected chi connectivity index (χ3v) is 4.30. The molecule has 1 aliphatic heterocycles.